The number of benzene rings is 6. The maximum absolute atomic E-state index is 13.8. The van der Waals surface area contributed by atoms with Gasteiger partial charge in [-0.3, -0.25) is 9.59 Å². The molecule has 0 aliphatic carbocycles. The number of fused-ring (bicyclic) bond motifs is 3. The Bertz CT molecular complexity index is 5520. The largest absolute Gasteiger partial charge is 0.486 e. The van der Waals surface area contributed by atoms with Crippen molar-refractivity contribution in [3.63, 3.8) is 0 Å². The van der Waals surface area contributed by atoms with Crippen molar-refractivity contribution in [1.82, 2.24) is 70.2 Å². The van der Waals surface area contributed by atoms with Crippen molar-refractivity contribution in [2.45, 2.75) is 163 Å². The molecule has 9 aromatic rings. The van der Waals surface area contributed by atoms with Crippen LogP contribution in [0.1, 0.15) is 165 Å². The summed E-state index contributed by atoms with van der Waals surface area (Å²) in [5.74, 6) is 0.585. The van der Waals surface area contributed by atoms with Gasteiger partial charge in [0.15, 0.2) is 57.3 Å². The third-order valence-corrected chi connectivity index (χ3v) is 18.9. The monoisotopic (exact) mass is 1890 g/mol. The maximum atomic E-state index is 13.8. The Labute approximate surface area is 768 Å². The Kier molecular flexibility index (Phi) is 35.2. The number of amides is 6. The van der Waals surface area contributed by atoms with Gasteiger partial charge >= 0.3 is 48.9 Å². The van der Waals surface area contributed by atoms with Crippen LogP contribution in [0.4, 0.5) is 58.7 Å². The van der Waals surface area contributed by atoms with Gasteiger partial charge in [-0.15, -0.1) is 0 Å². The molecule has 6 heterocycles. The van der Waals surface area contributed by atoms with Gasteiger partial charge in [0.25, 0.3) is 11.8 Å². The van der Waals surface area contributed by atoms with Crippen LogP contribution in [0.5, 0.6) is 34.5 Å². The van der Waals surface area contributed by atoms with Crippen LogP contribution in [-0.2, 0) is 76.7 Å². The number of carbonyl (C=O) groups is 7. The molecule has 0 spiro atoms. The standard InChI is InChI=1S/C34H42F3N5O7.C25H33F3N4O6.C24H26F3N5O3.C9H11NO2/c1-32(2,3)48-30(44)40(7)14-15-41(31(45)49-33(4,5)6)21-22-10-8-12-24(18-22)42-25(19-27(39-42)34(35,36)37)29(43)38-20-23-11-9-13-26-28(23)47-17-16-46-26;1-23(2,3)37-21(35)30(7)11-12-31(22(36)38-24(4,5)6)15-16-9-8-10-17(13-16)32-18(20(33)34)14-19(29-32)25(26,27)28;1-28-8-9-29-14-16-4-2-6-18(12-16)32-19(13-21(31-32)24(25,26)27)23(33)30-15-17-5-3-7-20-22(17)35-11-10-34-20;10-6-7-2-1-3-8-9(7)12-5-4-11-8/h8-13,18-19H,14-17,20-21H2,1-7H3,(H,38,43);8-10,13-14H,11-12,15H2,1-7H3,(H,33,34);2-7,12-13,28-29H,8-11,14-15H2,1H3,(H,30,33);1-3H,4-6,10H2. The molecule has 7 N–H and O–H groups in total. The molecule has 0 unspecified atom stereocenters. The molecule has 3 aliphatic rings. The second kappa shape index (κ2) is 45.3. The molecule has 6 aromatic carbocycles. The summed E-state index contributed by atoms with van der Waals surface area (Å²) in [4.78, 5) is 94.3. The molecule has 33 nitrogen and oxygen atoms in total. The molecular weight excluding hydrogens is 1770 g/mol. The Balaban J connectivity index is 0.000000214. The van der Waals surface area contributed by atoms with Crippen LogP contribution in [0.25, 0.3) is 17.1 Å². The summed E-state index contributed by atoms with van der Waals surface area (Å²) in [5, 5.41) is 31.9. The second-order valence-electron chi connectivity index (χ2n) is 34.6. The first-order valence-corrected chi connectivity index (χ1v) is 42.5. The lowest BCUT2D eigenvalue weighted by Gasteiger charge is -2.30. The van der Waals surface area contributed by atoms with Gasteiger partial charge in [0, 0.05) is 128 Å². The third kappa shape index (κ3) is 31.1. The fourth-order valence-corrected chi connectivity index (χ4v) is 12.8. The van der Waals surface area contributed by atoms with Crippen LogP contribution < -0.4 is 55.4 Å². The molecule has 6 amide bonds. The highest BCUT2D eigenvalue weighted by Gasteiger charge is 2.40. The highest BCUT2D eigenvalue weighted by Crippen LogP contribution is 2.39. The highest BCUT2D eigenvalue weighted by molar-refractivity contribution is 5.94. The summed E-state index contributed by atoms with van der Waals surface area (Å²) in [7, 11) is 4.90. The molecule has 0 fully saturated rings. The van der Waals surface area contributed by atoms with Crippen LogP contribution in [0.3, 0.4) is 0 Å². The van der Waals surface area contributed by atoms with Crippen molar-refractivity contribution in [1.29, 1.82) is 0 Å². The highest BCUT2D eigenvalue weighted by atomic mass is 19.4. The lowest BCUT2D eigenvalue weighted by molar-refractivity contribution is -0.142. The van der Waals surface area contributed by atoms with Gasteiger partial charge in [0.2, 0.25) is 0 Å². The minimum atomic E-state index is -4.83. The van der Waals surface area contributed by atoms with E-state index in [4.69, 9.17) is 53.1 Å². The minimum Gasteiger partial charge on any atom is -0.486 e. The van der Waals surface area contributed by atoms with Gasteiger partial charge in [0.05, 0.1) is 17.1 Å². The average Bonchev–Trinajstić information content (AvgIpc) is 1.63. The molecule has 726 valence electrons. The minimum absolute atomic E-state index is 0.0268. The molecule has 0 atom stereocenters. The van der Waals surface area contributed by atoms with E-state index in [0.29, 0.717) is 120 Å². The Morgan fingerprint density at radius 2 is 0.716 bits per heavy atom. The average molecular weight is 1890 g/mol. The number of ether oxygens (including phenoxy) is 10. The number of aromatic carboxylic acids is 1. The van der Waals surface area contributed by atoms with Crippen molar-refractivity contribution < 1.29 is 126 Å². The van der Waals surface area contributed by atoms with Crippen LogP contribution in [-0.4, -0.2) is 219 Å². The Hall–Kier alpha value is -13.5. The van der Waals surface area contributed by atoms with Crippen molar-refractivity contribution in [3.8, 4) is 51.6 Å². The zero-order valence-corrected chi connectivity index (χ0v) is 76.9. The summed E-state index contributed by atoms with van der Waals surface area (Å²) in [5.41, 5.74) is 2.15. The first kappa shape index (κ1) is 104. The van der Waals surface area contributed by atoms with Crippen LogP contribution in [0, 0.1) is 0 Å². The lowest BCUT2D eigenvalue weighted by Crippen LogP contribution is -2.42. The molecule has 0 bridgehead atoms. The summed E-state index contributed by atoms with van der Waals surface area (Å²) in [6.45, 7) is 26.1. The quantitative estimate of drug-likeness (QED) is 0.0167. The SMILES string of the molecule is CN(CCN(Cc1cccc(-n2nc(C(F)(F)F)cc2C(=O)NCc2cccc3c2OCCO3)c1)C(=O)OC(C)(C)C)C(=O)OC(C)(C)C.CN(CCN(Cc1cccc(-n2nc(C(F)(F)F)cc2C(=O)O)c1)C(=O)OC(C)(C)C)C(=O)OC(C)(C)C.CNCCNCc1cccc(-n2nc(C(F)(F)F)cc2C(=O)NCc2cccc3c2OCCO3)c1.NCc1cccc2c1OCCO2. The Morgan fingerprint density at radius 3 is 1.06 bits per heavy atom. The van der Waals surface area contributed by atoms with E-state index in [1.807, 2.05) is 31.3 Å². The maximum Gasteiger partial charge on any atom is 0.435 e. The molecule has 134 heavy (non-hydrogen) atoms. The van der Waals surface area contributed by atoms with E-state index < -0.39 is 106 Å². The van der Waals surface area contributed by atoms with Gasteiger partial charge in [0.1, 0.15) is 73.4 Å². The zero-order chi connectivity index (χ0) is 98.4. The van der Waals surface area contributed by atoms with Crippen LogP contribution in [0.15, 0.2) is 146 Å². The topological polar surface area (TPSA) is 373 Å². The number of hydrogen-bond acceptors (Lipinski definition) is 23. The first-order chi connectivity index (χ1) is 62.8. The molecule has 3 aromatic heterocycles. The zero-order valence-electron chi connectivity index (χ0n) is 76.9. The first-order valence-electron chi connectivity index (χ1n) is 42.5. The summed E-state index contributed by atoms with van der Waals surface area (Å²) < 4.78 is 179. The van der Waals surface area contributed by atoms with Gasteiger partial charge < -0.3 is 99.1 Å². The molecule has 3 aliphatic heterocycles. The number of nitrogens with zero attached hydrogens (tertiary/aromatic N) is 10. The number of rotatable bonds is 26. The fraction of sp³-hybridized carbons (Fsp3) is 0.435. The number of halogens is 9. The van der Waals surface area contributed by atoms with E-state index in [2.05, 4.69) is 36.6 Å². The number of para-hydroxylation sites is 3. The predicted octanol–water partition coefficient (Wildman–Crippen LogP) is 15.2. The van der Waals surface area contributed by atoms with Crippen LogP contribution in [0.2, 0.25) is 0 Å². The lowest BCUT2D eigenvalue weighted by atomic mass is 10.1. The van der Waals surface area contributed by atoms with Gasteiger partial charge in [-0.1, -0.05) is 72.8 Å². The van der Waals surface area contributed by atoms with Gasteiger partial charge in [-0.2, -0.15) is 54.8 Å². The predicted molar refractivity (Wildman–Crippen MR) is 472 cm³/mol. The number of carboxylic acid groups (broad SMARTS) is 1. The van der Waals surface area contributed by atoms with Gasteiger partial charge in [-0.25, -0.2) is 38.0 Å². The Morgan fingerprint density at radius 1 is 0.403 bits per heavy atom. The molecule has 42 heteroatoms. The van der Waals surface area contributed by atoms with E-state index in [0.717, 1.165) is 51.1 Å². The van der Waals surface area contributed by atoms with Crippen molar-refractivity contribution >= 4 is 42.2 Å². The number of nitrogens with one attached hydrogen (secondary N) is 4. The van der Waals surface area contributed by atoms with E-state index >= 15 is 0 Å². The summed E-state index contributed by atoms with van der Waals surface area (Å²) in [6, 6.07) is 37.2. The number of likely N-dealkylation sites (N-methyl/N-ethyl adjacent to an activating group) is 3. The molecule has 0 radical (unpaired) electrons. The molecule has 0 saturated carbocycles. The van der Waals surface area contributed by atoms with Gasteiger partial charge in [-0.05, 0) is 161 Å². The van der Waals surface area contributed by atoms with Crippen molar-refractivity contribution in [3.05, 3.63) is 213 Å². The number of carboxylic acids is 1. The van der Waals surface area contributed by atoms with E-state index in [9.17, 15) is 78.2 Å². The number of nitrogens with two attached hydrogens (primary N) is 1. The smallest absolute Gasteiger partial charge is 0.435 e. The summed E-state index contributed by atoms with van der Waals surface area (Å²) in [6.07, 6.45) is -16.8. The van der Waals surface area contributed by atoms with E-state index in [1.54, 1.807) is 156 Å². The molecule has 12 rings (SSSR count). The normalized spacial score (nSPS) is 12.9. The van der Waals surface area contributed by atoms with E-state index in [-0.39, 0.29) is 75.1 Å². The van der Waals surface area contributed by atoms with Crippen molar-refractivity contribution in [2.75, 3.05) is 100 Å². The fourth-order valence-electron chi connectivity index (χ4n) is 12.8. The number of hydrogen-bond donors (Lipinski definition) is 6. The molecular formula is C92H112F9N15O18. The number of carbonyl (C=O) groups excluding carboxylic acids is 6. The number of alkyl halides is 9. The molecule has 0 saturated heterocycles. The summed E-state index contributed by atoms with van der Waals surface area (Å²) >= 11 is 0. The number of aromatic nitrogens is 6. The van der Waals surface area contributed by atoms with Crippen molar-refractivity contribution in [2.24, 2.45) is 5.73 Å². The van der Waals surface area contributed by atoms with Crippen LogP contribution >= 0.6 is 0 Å². The third-order valence-electron chi connectivity index (χ3n) is 18.9. The second-order valence-corrected chi connectivity index (χ2v) is 34.6. The van der Waals surface area contributed by atoms with E-state index in [1.165, 1.54) is 64.0 Å².